The van der Waals surface area contributed by atoms with Gasteiger partial charge in [0.15, 0.2) is 0 Å². The lowest BCUT2D eigenvalue weighted by Gasteiger charge is -2.33. The van der Waals surface area contributed by atoms with Gasteiger partial charge < -0.3 is 24.4 Å². The third-order valence-electron chi connectivity index (χ3n) is 4.09. The maximum absolute atomic E-state index is 11.8. The van der Waals surface area contributed by atoms with Crippen molar-refractivity contribution >= 4 is 6.09 Å². The Labute approximate surface area is 153 Å². The molecule has 2 heterocycles. The van der Waals surface area contributed by atoms with Gasteiger partial charge in [0, 0.05) is 26.3 Å². The highest BCUT2D eigenvalue weighted by Crippen LogP contribution is 2.17. The first-order valence-electron chi connectivity index (χ1n) is 9.77. The van der Waals surface area contributed by atoms with E-state index in [-0.39, 0.29) is 12.2 Å². The number of amides is 1. The average molecular weight is 359 g/mol. The Bertz CT molecular complexity index is 360. The molecule has 0 radical (unpaired) electrons. The molecule has 2 atom stereocenters. The van der Waals surface area contributed by atoms with Gasteiger partial charge in [0.2, 0.25) is 0 Å². The first kappa shape index (κ1) is 22.2. The summed E-state index contributed by atoms with van der Waals surface area (Å²) < 4.78 is 16.3. The lowest BCUT2D eigenvalue weighted by atomic mass is 10.1. The van der Waals surface area contributed by atoms with Gasteiger partial charge in [-0.05, 0) is 66.8 Å². The van der Waals surface area contributed by atoms with Gasteiger partial charge in [0.05, 0.1) is 18.8 Å². The van der Waals surface area contributed by atoms with Crippen LogP contribution in [0.15, 0.2) is 0 Å². The van der Waals surface area contributed by atoms with E-state index in [0.29, 0.717) is 19.3 Å². The summed E-state index contributed by atoms with van der Waals surface area (Å²) in [5.74, 6) is 0. The summed E-state index contributed by atoms with van der Waals surface area (Å²) in [6.45, 7) is 14.9. The normalized spacial score (nSPS) is 24.3. The molecule has 1 amide bonds. The maximum atomic E-state index is 11.8. The van der Waals surface area contributed by atoms with Gasteiger partial charge in [-0.15, -0.1) is 0 Å². The molecule has 0 bridgehead atoms. The summed E-state index contributed by atoms with van der Waals surface area (Å²) in [4.78, 5) is 13.6. The van der Waals surface area contributed by atoms with Crippen LogP contribution in [0.1, 0.15) is 60.3 Å². The molecule has 2 rings (SSSR count). The molecular weight excluding hydrogens is 320 g/mol. The first-order chi connectivity index (χ1) is 11.9. The summed E-state index contributed by atoms with van der Waals surface area (Å²) in [6.07, 6.45) is 4.97. The zero-order valence-electron chi connectivity index (χ0n) is 16.8. The Kier molecular flexibility index (Phi) is 10.4. The van der Waals surface area contributed by atoms with Crippen molar-refractivity contribution in [2.75, 3.05) is 39.4 Å². The third kappa shape index (κ3) is 10.0. The molecule has 2 saturated heterocycles. The van der Waals surface area contributed by atoms with E-state index in [1.54, 1.807) is 4.90 Å². The molecule has 0 aromatic rings. The van der Waals surface area contributed by atoms with Crippen molar-refractivity contribution in [1.82, 2.24) is 10.2 Å². The zero-order chi connectivity index (χ0) is 18.7. The van der Waals surface area contributed by atoms with Crippen LogP contribution in [0.4, 0.5) is 4.79 Å². The van der Waals surface area contributed by atoms with Crippen LogP contribution in [0.3, 0.4) is 0 Å². The van der Waals surface area contributed by atoms with Crippen molar-refractivity contribution < 1.29 is 19.0 Å². The molecule has 148 valence electrons. The van der Waals surface area contributed by atoms with Crippen LogP contribution in [0.25, 0.3) is 0 Å². The number of carbonyl (C=O) groups is 1. The molecule has 0 aliphatic carbocycles. The summed E-state index contributed by atoms with van der Waals surface area (Å²) in [7, 11) is 0. The lowest BCUT2D eigenvalue weighted by molar-refractivity contribution is -0.0170. The minimum Gasteiger partial charge on any atom is -0.444 e. The predicted octanol–water partition coefficient (Wildman–Crippen LogP) is 3.20. The lowest BCUT2D eigenvalue weighted by Crippen LogP contribution is -2.45. The molecule has 6 heteroatoms. The third-order valence-corrected chi connectivity index (χ3v) is 4.09. The largest absolute Gasteiger partial charge is 0.444 e. The fourth-order valence-electron chi connectivity index (χ4n) is 3.00. The van der Waals surface area contributed by atoms with Crippen molar-refractivity contribution in [2.45, 2.75) is 78.1 Å². The Morgan fingerprint density at radius 2 is 1.72 bits per heavy atom. The van der Waals surface area contributed by atoms with E-state index in [2.05, 4.69) is 12.2 Å². The monoisotopic (exact) mass is 358 g/mol. The van der Waals surface area contributed by atoms with E-state index >= 15 is 0 Å². The Balaban J connectivity index is 0.000000293. The SMILES string of the molecule is CCOC1CCCN(C(=O)OC(C)(C)C)C1.CCOC1CCCNC1. The maximum Gasteiger partial charge on any atom is 0.410 e. The van der Waals surface area contributed by atoms with Crippen LogP contribution >= 0.6 is 0 Å². The van der Waals surface area contributed by atoms with Crippen LogP contribution in [0.2, 0.25) is 0 Å². The van der Waals surface area contributed by atoms with Crippen LogP contribution in [0, 0.1) is 0 Å². The van der Waals surface area contributed by atoms with Gasteiger partial charge in [0.1, 0.15) is 5.60 Å². The average Bonchev–Trinajstić information content (AvgIpc) is 2.56. The smallest absolute Gasteiger partial charge is 0.410 e. The van der Waals surface area contributed by atoms with Gasteiger partial charge >= 0.3 is 6.09 Å². The van der Waals surface area contributed by atoms with E-state index < -0.39 is 5.60 Å². The van der Waals surface area contributed by atoms with Gasteiger partial charge in [-0.1, -0.05) is 0 Å². The van der Waals surface area contributed by atoms with Crippen LogP contribution in [-0.4, -0.2) is 68.2 Å². The molecule has 0 spiro atoms. The summed E-state index contributed by atoms with van der Waals surface area (Å²) in [5.41, 5.74) is -0.421. The van der Waals surface area contributed by atoms with E-state index in [4.69, 9.17) is 14.2 Å². The predicted molar refractivity (Wildman–Crippen MR) is 100.0 cm³/mol. The fourth-order valence-corrected chi connectivity index (χ4v) is 3.00. The number of piperidine rings is 2. The van der Waals surface area contributed by atoms with E-state index in [9.17, 15) is 4.79 Å². The number of likely N-dealkylation sites (tertiary alicyclic amines) is 1. The summed E-state index contributed by atoms with van der Waals surface area (Å²) in [5, 5.41) is 3.29. The number of nitrogens with one attached hydrogen (secondary N) is 1. The van der Waals surface area contributed by atoms with Crippen molar-refractivity contribution in [3.05, 3.63) is 0 Å². The fraction of sp³-hybridized carbons (Fsp3) is 0.947. The molecule has 6 nitrogen and oxygen atoms in total. The quantitative estimate of drug-likeness (QED) is 0.836. The van der Waals surface area contributed by atoms with Gasteiger partial charge in [-0.25, -0.2) is 4.79 Å². The second-order valence-electron chi connectivity index (χ2n) is 7.57. The van der Waals surface area contributed by atoms with E-state index in [0.717, 1.165) is 32.5 Å². The number of hydrogen-bond acceptors (Lipinski definition) is 5. The second kappa shape index (κ2) is 11.7. The van der Waals surface area contributed by atoms with Crippen molar-refractivity contribution in [3.63, 3.8) is 0 Å². The molecule has 2 unspecified atom stereocenters. The van der Waals surface area contributed by atoms with Crippen molar-refractivity contribution in [1.29, 1.82) is 0 Å². The summed E-state index contributed by atoms with van der Waals surface area (Å²) in [6, 6.07) is 0. The van der Waals surface area contributed by atoms with Gasteiger partial charge in [-0.3, -0.25) is 0 Å². The standard InChI is InChI=1S/C12H23NO3.C7H15NO/c1-5-15-10-7-6-8-13(9-10)11(14)16-12(2,3)4;1-2-9-7-4-3-5-8-6-7/h10H,5-9H2,1-4H3;7-8H,2-6H2,1H3. The highest BCUT2D eigenvalue weighted by atomic mass is 16.6. The first-order valence-corrected chi connectivity index (χ1v) is 9.77. The Morgan fingerprint density at radius 1 is 1.08 bits per heavy atom. The Hall–Kier alpha value is -0.850. The minimum atomic E-state index is -0.421. The molecule has 0 saturated carbocycles. The molecule has 2 aliphatic heterocycles. The number of ether oxygens (including phenoxy) is 3. The molecule has 1 N–H and O–H groups in total. The molecule has 0 aromatic carbocycles. The highest BCUT2D eigenvalue weighted by molar-refractivity contribution is 5.68. The molecule has 25 heavy (non-hydrogen) atoms. The van der Waals surface area contributed by atoms with Crippen LogP contribution in [0.5, 0.6) is 0 Å². The Morgan fingerprint density at radius 3 is 2.28 bits per heavy atom. The number of hydrogen-bond donors (Lipinski definition) is 1. The molecule has 0 aromatic heterocycles. The van der Waals surface area contributed by atoms with Crippen molar-refractivity contribution in [2.24, 2.45) is 0 Å². The molecule has 2 aliphatic rings. The van der Waals surface area contributed by atoms with Crippen molar-refractivity contribution in [3.8, 4) is 0 Å². The van der Waals surface area contributed by atoms with Gasteiger partial charge in [-0.2, -0.15) is 0 Å². The van der Waals surface area contributed by atoms with Crippen LogP contribution in [-0.2, 0) is 14.2 Å². The van der Waals surface area contributed by atoms with Crippen LogP contribution < -0.4 is 5.32 Å². The second-order valence-corrected chi connectivity index (χ2v) is 7.57. The number of nitrogens with zero attached hydrogens (tertiary/aromatic N) is 1. The zero-order valence-corrected chi connectivity index (χ0v) is 16.8. The number of rotatable bonds is 4. The van der Waals surface area contributed by atoms with E-state index in [1.165, 1.54) is 19.4 Å². The highest BCUT2D eigenvalue weighted by Gasteiger charge is 2.27. The molecular formula is C19H38N2O4. The molecule has 2 fully saturated rings. The number of carbonyl (C=O) groups excluding carboxylic acids is 1. The summed E-state index contributed by atoms with van der Waals surface area (Å²) >= 11 is 0. The van der Waals surface area contributed by atoms with Gasteiger partial charge in [0.25, 0.3) is 0 Å². The minimum absolute atomic E-state index is 0.172. The van der Waals surface area contributed by atoms with E-state index in [1.807, 2.05) is 27.7 Å². The topological polar surface area (TPSA) is 60.0 Å².